The number of anilines is 1. The Kier molecular flexibility index (Phi) is 8.42. The summed E-state index contributed by atoms with van der Waals surface area (Å²) < 4.78 is 10.2. The molecule has 0 saturated heterocycles. The number of ether oxygens (including phenoxy) is 2. The van der Waals surface area contributed by atoms with E-state index in [-0.39, 0.29) is 12.6 Å². The van der Waals surface area contributed by atoms with Gasteiger partial charge in [-0.2, -0.15) is 0 Å². The van der Waals surface area contributed by atoms with Crippen LogP contribution in [0.4, 0.5) is 5.69 Å². The number of hydrogen-bond donors (Lipinski definition) is 1. The highest BCUT2D eigenvalue weighted by Crippen LogP contribution is 2.26. The summed E-state index contributed by atoms with van der Waals surface area (Å²) in [5.41, 5.74) is 1.85. The van der Waals surface area contributed by atoms with Crippen molar-refractivity contribution in [2.24, 2.45) is 0 Å². The molecule has 0 fully saturated rings. The second kappa shape index (κ2) is 9.25. The van der Waals surface area contributed by atoms with Crippen LogP contribution in [0, 0.1) is 0 Å². The standard InChI is InChI=1S/C13H19NO3.C2H6/c1-9(2)14-12-6-5-11(7-13(12)16-4)8-17-10(3)15;1-2/h5-7,9,14H,8H2,1-4H3;1-2H3. The Hall–Kier alpha value is -1.71. The second-order valence-corrected chi connectivity index (χ2v) is 4.11. The van der Waals surface area contributed by atoms with Crippen LogP contribution in [0.25, 0.3) is 0 Å². The molecule has 1 N–H and O–H groups in total. The van der Waals surface area contributed by atoms with Crippen LogP contribution in [0.1, 0.15) is 40.2 Å². The fourth-order valence-electron chi connectivity index (χ4n) is 1.44. The number of nitrogens with one attached hydrogen (secondary N) is 1. The van der Waals surface area contributed by atoms with E-state index in [2.05, 4.69) is 19.2 Å². The lowest BCUT2D eigenvalue weighted by atomic mass is 10.2. The van der Waals surface area contributed by atoms with Crippen molar-refractivity contribution in [1.82, 2.24) is 0 Å². The fraction of sp³-hybridized carbons (Fsp3) is 0.533. The smallest absolute Gasteiger partial charge is 0.302 e. The van der Waals surface area contributed by atoms with Crippen LogP contribution in [0.2, 0.25) is 0 Å². The van der Waals surface area contributed by atoms with Gasteiger partial charge >= 0.3 is 5.97 Å². The van der Waals surface area contributed by atoms with E-state index in [0.717, 1.165) is 17.0 Å². The van der Waals surface area contributed by atoms with Crippen molar-refractivity contribution in [1.29, 1.82) is 0 Å². The molecular weight excluding hydrogens is 242 g/mol. The summed E-state index contributed by atoms with van der Waals surface area (Å²) in [7, 11) is 1.62. The molecule has 0 aliphatic carbocycles. The van der Waals surface area contributed by atoms with Gasteiger partial charge in [0.1, 0.15) is 12.4 Å². The number of benzene rings is 1. The molecule has 0 heterocycles. The third-order valence-corrected chi connectivity index (χ3v) is 2.15. The maximum atomic E-state index is 10.7. The molecule has 0 saturated carbocycles. The number of hydrogen-bond acceptors (Lipinski definition) is 4. The first-order valence-electron chi connectivity index (χ1n) is 6.59. The van der Waals surface area contributed by atoms with Crippen LogP contribution >= 0.6 is 0 Å². The molecule has 0 bridgehead atoms. The van der Waals surface area contributed by atoms with Crippen molar-refractivity contribution in [2.45, 2.75) is 47.3 Å². The second-order valence-electron chi connectivity index (χ2n) is 4.11. The molecule has 0 aliphatic rings. The highest BCUT2D eigenvalue weighted by Gasteiger charge is 2.06. The van der Waals surface area contributed by atoms with E-state index in [9.17, 15) is 4.79 Å². The van der Waals surface area contributed by atoms with Gasteiger partial charge in [0.15, 0.2) is 0 Å². The molecule has 108 valence electrons. The minimum atomic E-state index is -0.284. The summed E-state index contributed by atoms with van der Waals surface area (Å²) in [5, 5.41) is 3.28. The van der Waals surface area contributed by atoms with E-state index in [1.807, 2.05) is 32.0 Å². The molecule has 1 aromatic carbocycles. The molecule has 4 nitrogen and oxygen atoms in total. The van der Waals surface area contributed by atoms with Gasteiger partial charge in [-0.1, -0.05) is 19.9 Å². The average molecular weight is 267 g/mol. The van der Waals surface area contributed by atoms with E-state index in [1.54, 1.807) is 7.11 Å². The summed E-state index contributed by atoms with van der Waals surface area (Å²) in [6.07, 6.45) is 0. The molecule has 0 aromatic heterocycles. The molecule has 1 rings (SSSR count). The van der Waals surface area contributed by atoms with Crippen molar-refractivity contribution in [3.63, 3.8) is 0 Å². The van der Waals surface area contributed by atoms with Crippen molar-refractivity contribution in [3.05, 3.63) is 23.8 Å². The fourth-order valence-corrected chi connectivity index (χ4v) is 1.44. The molecule has 0 amide bonds. The summed E-state index contributed by atoms with van der Waals surface area (Å²) in [6, 6.07) is 6.05. The zero-order valence-electron chi connectivity index (χ0n) is 12.7. The summed E-state index contributed by atoms with van der Waals surface area (Å²) in [4.78, 5) is 10.7. The lowest BCUT2D eigenvalue weighted by molar-refractivity contribution is -0.142. The van der Waals surface area contributed by atoms with Gasteiger partial charge < -0.3 is 14.8 Å². The third kappa shape index (κ3) is 6.70. The summed E-state index contributed by atoms with van der Waals surface area (Å²) in [6.45, 7) is 9.79. The first kappa shape index (κ1) is 17.3. The van der Waals surface area contributed by atoms with E-state index >= 15 is 0 Å². The monoisotopic (exact) mass is 267 g/mol. The van der Waals surface area contributed by atoms with Crippen LogP contribution in [0.15, 0.2) is 18.2 Å². The van der Waals surface area contributed by atoms with Crippen molar-refractivity contribution >= 4 is 11.7 Å². The maximum Gasteiger partial charge on any atom is 0.302 e. The van der Waals surface area contributed by atoms with Crippen LogP contribution in [0.3, 0.4) is 0 Å². The predicted octanol–water partition coefficient (Wildman–Crippen LogP) is 3.60. The Morgan fingerprint density at radius 1 is 1.32 bits per heavy atom. The number of methoxy groups -OCH3 is 1. The van der Waals surface area contributed by atoms with Gasteiger partial charge in [-0.05, 0) is 31.5 Å². The van der Waals surface area contributed by atoms with Crippen LogP contribution in [0.5, 0.6) is 5.75 Å². The van der Waals surface area contributed by atoms with Crippen molar-refractivity contribution in [3.8, 4) is 5.75 Å². The first-order chi connectivity index (χ1) is 9.02. The van der Waals surface area contributed by atoms with Gasteiger partial charge in [-0.15, -0.1) is 0 Å². The number of esters is 1. The summed E-state index contributed by atoms with van der Waals surface area (Å²) >= 11 is 0. The SMILES string of the molecule is CC.COc1cc(COC(C)=O)ccc1NC(C)C. The molecule has 0 radical (unpaired) electrons. The highest BCUT2D eigenvalue weighted by atomic mass is 16.5. The minimum Gasteiger partial charge on any atom is -0.495 e. The van der Waals surface area contributed by atoms with Crippen molar-refractivity contribution < 1.29 is 14.3 Å². The molecule has 0 unspecified atom stereocenters. The maximum absolute atomic E-state index is 10.7. The number of rotatable bonds is 5. The Bertz CT molecular complexity index is 389. The Morgan fingerprint density at radius 2 is 1.95 bits per heavy atom. The normalized spacial score (nSPS) is 9.42. The Balaban J connectivity index is 0.00000154. The lowest BCUT2D eigenvalue weighted by Crippen LogP contribution is -2.10. The van der Waals surface area contributed by atoms with Gasteiger partial charge in [0, 0.05) is 13.0 Å². The zero-order valence-corrected chi connectivity index (χ0v) is 12.7. The quantitative estimate of drug-likeness (QED) is 0.828. The molecule has 0 atom stereocenters. The van der Waals surface area contributed by atoms with E-state index in [1.165, 1.54) is 6.92 Å². The average Bonchev–Trinajstić information content (AvgIpc) is 2.39. The first-order valence-corrected chi connectivity index (χ1v) is 6.59. The predicted molar refractivity (Wildman–Crippen MR) is 78.6 cm³/mol. The molecule has 0 aliphatic heterocycles. The lowest BCUT2D eigenvalue weighted by Gasteiger charge is -2.15. The van der Waals surface area contributed by atoms with E-state index in [0.29, 0.717) is 6.04 Å². The van der Waals surface area contributed by atoms with Crippen LogP contribution < -0.4 is 10.1 Å². The van der Waals surface area contributed by atoms with E-state index < -0.39 is 0 Å². The molecular formula is C15H25NO3. The molecule has 0 spiro atoms. The summed E-state index contributed by atoms with van der Waals surface area (Å²) in [5.74, 6) is 0.469. The minimum absolute atomic E-state index is 0.271. The van der Waals surface area contributed by atoms with Gasteiger partial charge in [0.05, 0.1) is 12.8 Å². The Morgan fingerprint density at radius 3 is 2.42 bits per heavy atom. The van der Waals surface area contributed by atoms with Crippen molar-refractivity contribution in [2.75, 3.05) is 12.4 Å². The molecule has 4 heteroatoms. The third-order valence-electron chi connectivity index (χ3n) is 2.15. The van der Waals surface area contributed by atoms with Crippen LogP contribution in [-0.4, -0.2) is 19.1 Å². The van der Waals surface area contributed by atoms with Crippen LogP contribution in [-0.2, 0) is 16.1 Å². The molecule has 1 aromatic rings. The van der Waals surface area contributed by atoms with Gasteiger partial charge in [0.2, 0.25) is 0 Å². The van der Waals surface area contributed by atoms with Gasteiger partial charge in [-0.3, -0.25) is 4.79 Å². The number of carbonyl (C=O) groups is 1. The van der Waals surface area contributed by atoms with E-state index in [4.69, 9.17) is 9.47 Å². The Labute approximate surface area is 116 Å². The van der Waals surface area contributed by atoms with Gasteiger partial charge in [-0.25, -0.2) is 0 Å². The highest BCUT2D eigenvalue weighted by molar-refractivity contribution is 5.66. The topological polar surface area (TPSA) is 47.6 Å². The zero-order chi connectivity index (χ0) is 14.8. The molecule has 19 heavy (non-hydrogen) atoms. The number of carbonyl (C=O) groups excluding carboxylic acids is 1. The van der Waals surface area contributed by atoms with Gasteiger partial charge in [0.25, 0.3) is 0 Å². The largest absolute Gasteiger partial charge is 0.495 e.